The van der Waals surface area contributed by atoms with Crippen molar-refractivity contribution in [2.45, 2.75) is 31.3 Å². The lowest BCUT2D eigenvalue weighted by Gasteiger charge is -2.14. The zero-order chi connectivity index (χ0) is 15.1. The predicted octanol–water partition coefficient (Wildman–Crippen LogP) is 1.95. The molecule has 3 unspecified atom stereocenters. The van der Waals surface area contributed by atoms with Crippen LogP contribution in [0.25, 0.3) is 0 Å². The van der Waals surface area contributed by atoms with Crippen molar-refractivity contribution >= 4 is 22.5 Å². The van der Waals surface area contributed by atoms with E-state index in [4.69, 9.17) is 0 Å². The van der Waals surface area contributed by atoms with Crippen molar-refractivity contribution < 1.29 is 14.1 Å². The summed E-state index contributed by atoms with van der Waals surface area (Å²) in [5.74, 6) is 0.204. The molecule has 112 valence electrons. The molecule has 3 N–H and O–H groups in total. The Morgan fingerprint density at radius 2 is 2.10 bits per heavy atom. The fourth-order valence-electron chi connectivity index (χ4n) is 1.86. The second kappa shape index (κ2) is 8.01. The van der Waals surface area contributed by atoms with Gasteiger partial charge in [-0.3, -0.25) is 4.21 Å². The zero-order valence-corrected chi connectivity index (χ0v) is 12.9. The normalized spacial score (nSPS) is 15.2. The molecule has 0 saturated carbocycles. The van der Waals surface area contributed by atoms with E-state index in [1.165, 1.54) is 0 Å². The van der Waals surface area contributed by atoms with E-state index in [9.17, 15) is 14.1 Å². The molecule has 6 heteroatoms. The largest absolute Gasteiger partial charge is 0.393 e. The van der Waals surface area contributed by atoms with Crippen LogP contribution in [0.3, 0.4) is 0 Å². The summed E-state index contributed by atoms with van der Waals surface area (Å²) in [5.41, 5.74) is 0.610. The van der Waals surface area contributed by atoms with Gasteiger partial charge in [-0.15, -0.1) is 0 Å². The number of anilines is 1. The summed E-state index contributed by atoms with van der Waals surface area (Å²) in [5, 5.41) is 14.7. The van der Waals surface area contributed by atoms with Crippen molar-refractivity contribution in [3.8, 4) is 0 Å². The van der Waals surface area contributed by atoms with Gasteiger partial charge in [-0.25, -0.2) is 4.79 Å². The van der Waals surface area contributed by atoms with Crippen molar-refractivity contribution in [1.82, 2.24) is 5.32 Å². The number of amides is 2. The van der Waals surface area contributed by atoms with E-state index in [-0.39, 0.29) is 18.1 Å². The number of rotatable bonds is 6. The van der Waals surface area contributed by atoms with Crippen molar-refractivity contribution in [3.05, 3.63) is 24.3 Å². The molecule has 5 nitrogen and oxygen atoms in total. The molecule has 0 spiro atoms. The Morgan fingerprint density at radius 3 is 2.70 bits per heavy atom. The number of aliphatic hydroxyl groups is 1. The number of urea groups is 1. The molecule has 1 aromatic carbocycles. The highest BCUT2D eigenvalue weighted by Crippen LogP contribution is 2.13. The maximum absolute atomic E-state index is 11.7. The third kappa shape index (κ3) is 6.16. The van der Waals surface area contributed by atoms with Crippen LogP contribution in [-0.2, 0) is 10.8 Å². The van der Waals surface area contributed by atoms with Crippen molar-refractivity contribution in [3.63, 3.8) is 0 Å². The highest BCUT2D eigenvalue weighted by atomic mass is 32.2. The highest BCUT2D eigenvalue weighted by molar-refractivity contribution is 7.84. The molecule has 3 atom stereocenters. The van der Waals surface area contributed by atoms with Crippen LogP contribution >= 0.6 is 0 Å². The third-order valence-corrected chi connectivity index (χ3v) is 3.70. The maximum atomic E-state index is 11.7. The second-order valence-corrected chi connectivity index (χ2v) is 6.39. The molecule has 0 saturated heterocycles. The van der Waals surface area contributed by atoms with Gasteiger partial charge in [0.05, 0.1) is 6.10 Å². The van der Waals surface area contributed by atoms with E-state index < -0.39 is 10.8 Å². The molecule has 0 bridgehead atoms. The fraction of sp³-hybridized carbons (Fsp3) is 0.500. The Hall–Kier alpha value is -1.40. The average molecular weight is 298 g/mol. The van der Waals surface area contributed by atoms with Crippen LogP contribution in [0.4, 0.5) is 10.5 Å². The van der Waals surface area contributed by atoms with E-state index in [0.717, 1.165) is 0 Å². The van der Waals surface area contributed by atoms with Crippen LogP contribution in [0.15, 0.2) is 29.2 Å². The first-order valence-corrected chi connectivity index (χ1v) is 8.10. The Labute approximate surface area is 122 Å². The molecular weight excluding hydrogens is 276 g/mol. The minimum atomic E-state index is -1.07. The van der Waals surface area contributed by atoms with E-state index in [1.807, 2.05) is 6.92 Å². The molecule has 0 aliphatic heterocycles. The lowest BCUT2D eigenvalue weighted by atomic mass is 10.1. The summed E-state index contributed by atoms with van der Waals surface area (Å²) in [6.45, 7) is 4.19. The van der Waals surface area contributed by atoms with Gasteiger partial charge in [0.1, 0.15) is 0 Å². The van der Waals surface area contributed by atoms with Crippen molar-refractivity contribution in [2.75, 3.05) is 18.1 Å². The molecule has 20 heavy (non-hydrogen) atoms. The van der Waals surface area contributed by atoms with Crippen molar-refractivity contribution in [2.24, 2.45) is 5.92 Å². The minimum absolute atomic E-state index is 0.204. The first-order chi connectivity index (χ1) is 9.38. The fourth-order valence-corrected chi connectivity index (χ4v) is 2.42. The quantitative estimate of drug-likeness (QED) is 0.751. The van der Waals surface area contributed by atoms with Gasteiger partial charge in [0.15, 0.2) is 0 Å². The number of hydrogen-bond acceptors (Lipinski definition) is 3. The van der Waals surface area contributed by atoms with E-state index in [1.54, 1.807) is 37.4 Å². The van der Waals surface area contributed by atoms with Crippen LogP contribution < -0.4 is 10.6 Å². The van der Waals surface area contributed by atoms with Gasteiger partial charge in [-0.05, 0) is 37.5 Å². The van der Waals surface area contributed by atoms with E-state index in [2.05, 4.69) is 10.6 Å². The van der Waals surface area contributed by atoms with Crippen LogP contribution in [0.2, 0.25) is 0 Å². The molecule has 0 aliphatic rings. The molecule has 0 radical (unpaired) electrons. The number of carbonyl (C=O) groups is 1. The Bertz CT molecular complexity index is 477. The monoisotopic (exact) mass is 298 g/mol. The molecule has 0 heterocycles. The Kier molecular flexibility index (Phi) is 6.67. The number of aliphatic hydroxyl groups excluding tert-OH is 1. The summed E-state index contributed by atoms with van der Waals surface area (Å²) in [6, 6.07) is 6.64. The maximum Gasteiger partial charge on any atom is 0.319 e. The van der Waals surface area contributed by atoms with Gasteiger partial charge in [-0.2, -0.15) is 0 Å². The lowest BCUT2D eigenvalue weighted by molar-refractivity contribution is 0.163. The standard InChI is InChI=1S/C14H22N2O3S/c1-10(7-11(2)17)9-15-14(18)16-12-5-4-6-13(8-12)20(3)19/h4-6,8,10-11,17H,7,9H2,1-3H3,(H2,15,16,18). The van der Waals surface area contributed by atoms with Gasteiger partial charge in [0.25, 0.3) is 0 Å². The van der Waals surface area contributed by atoms with Crippen LogP contribution in [0.5, 0.6) is 0 Å². The van der Waals surface area contributed by atoms with E-state index in [0.29, 0.717) is 23.5 Å². The Morgan fingerprint density at radius 1 is 1.40 bits per heavy atom. The summed E-state index contributed by atoms with van der Waals surface area (Å²) in [6.07, 6.45) is 1.87. The van der Waals surface area contributed by atoms with Crippen molar-refractivity contribution in [1.29, 1.82) is 0 Å². The number of carbonyl (C=O) groups excluding carboxylic acids is 1. The summed E-state index contributed by atoms with van der Waals surface area (Å²) >= 11 is 0. The smallest absolute Gasteiger partial charge is 0.319 e. The lowest BCUT2D eigenvalue weighted by Crippen LogP contribution is -2.33. The molecule has 0 fully saturated rings. The number of nitrogens with one attached hydrogen (secondary N) is 2. The summed E-state index contributed by atoms with van der Waals surface area (Å²) in [4.78, 5) is 12.4. The van der Waals surface area contributed by atoms with Gasteiger partial charge < -0.3 is 15.7 Å². The SMILES string of the molecule is CC(O)CC(C)CNC(=O)Nc1cccc(S(C)=O)c1. The molecule has 1 aromatic rings. The first-order valence-electron chi connectivity index (χ1n) is 6.55. The molecule has 0 aromatic heterocycles. The van der Waals surface area contributed by atoms with E-state index >= 15 is 0 Å². The summed E-state index contributed by atoms with van der Waals surface area (Å²) in [7, 11) is -1.07. The van der Waals surface area contributed by atoms with Gasteiger partial charge in [-0.1, -0.05) is 13.0 Å². The van der Waals surface area contributed by atoms with Gasteiger partial charge >= 0.3 is 6.03 Å². The molecule has 1 rings (SSSR count). The van der Waals surface area contributed by atoms with Crippen LogP contribution in [0, 0.1) is 5.92 Å². The van der Waals surface area contributed by atoms with Gasteiger partial charge in [0, 0.05) is 34.2 Å². The predicted molar refractivity (Wildman–Crippen MR) is 81.3 cm³/mol. The van der Waals surface area contributed by atoms with Crippen LogP contribution in [0.1, 0.15) is 20.3 Å². The number of hydrogen-bond donors (Lipinski definition) is 3. The average Bonchev–Trinajstić information content (AvgIpc) is 2.36. The highest BCUT2D eigenvalue weighted by Gasteiger charge is 2.08. The molecule has 0 aliphatic carbocycles. The minimum Gasteiger partial charge on any atom is -0.393 e. The Balaban J connectivity index is 2.46. The molecular formula is C14H22N2O3S. The second-order valence-electron chi connectivity index (χ2n) is 5.01. The molecule has 2 amide bonds. The first kappa shape index (κ1) is 16.7. The van der Waals surface area contributed by atoms with Crippen LogP contribution in [-0.4, -0.2) is 34.3 Å². The van der Waals surface area contributed by atoms with Gasteiger partial charge in [0.2, 0.25) is 0 Å². The summed E-state index contributed by atoms with van der Waals surface area (Å²) < 4.78 is 11.4. The zero-order valence-electron chi connectivity index (χ0n) is 12.1. The third-order valence-electron chi connectivity index (χ3n) is 2.78. The topological polar surface area (TPSA) is 78.4 Å². The number of benzene rings is 1.